The van der Waals surface area contributed by atoms with Crippen LogP contribution in [0.5, 0.6) is 0 Å². The minimum Gasteiger partial charge on any atom is -0.381 e. The van der Waals surface area contributed by atoms with E-state index in [2.05, 4.69) is 15.0 Å². The third-order valence-corrected chi connectivity index (χ3v) is 5.80. The van der Waals surface area contributed by atoms with Gasteiger partial charge in [0.15, 0.2) is 0 Å². The first kappa shape index (κ1) is 21.6. The Kier molecular flexibility index (Phi) is 5.50. The second kappa shape index (κ2) is 8.14. The predicted molar refractivity (Wildman–Crippen MR) is 126 cm³/mol. The highest BCUT2D eigenvalue weighted by Gasteiger charge is 2.25. The summed E-state index contributed by atoms with van der Waals surface area (Å²) in [5, 5.41) is 14.7. The highest BCUT2D eigenvalue weighted by molar-refractivity contribution is 7.92. The third kappa shape index (κ3) is 4.66. The maximum absolute atomic E-state index is 12.8. The first-order valence-electron chi connectivity index (χ1n) is 9.92. The van der Waals surface area contributed by atoms with Gasteiger partial charge in [-0.25, -0.2) is 8.42 Å². The lowest BCUT2D eigenvalue weighted by Gasteiger charge is -2.25. The molecule has 1 amide bonds. The summed E-state index contributed by atoms with van der Waals surface area (Å²) in [7, 11) is -3.40. The lowest BCUT2D eigenvalue weighted by molar-refractivity contribution is 0.101. The topological polar surface area (TPSA) is 111 Å². The van der Waals surface area contributed by atoms with E-state index in [1.165, 1.54) is 0 Å². The van der Waals surface area contributed by atoms with Gasteiger partial charge in [0.2, 0.25) is 10.0 Å². The Morgan fingerprint density at radius 3 is 2.34 bits per heavy atom. The van der Waals surface area contributed by atoms with E-state index in [1.54, 1.807) is 49.4 Å². The van der Waals surface area contributed by atoms with Crippen molar-refractivity contribution in [3.8, 4) is 0 Å². The van der Waals surface area contributed by atoms with Crippen LogP contribution in [0, 0.1) is 0 Å². The second-order valence-electron chi connectivity index (χ2n) is 7.83. The molecule has 0 bridgehead atoms. The summed E-state index contributed by atoms with van der Waals surface area (Å²) in [6.07, 6.45) is 1.08. The number of hydrogen-bond acceptors (Lipinski definition) is 4. The number of fused-ring (bicyclic) bond motifs is 1. The number of aliphatic hydroxyl groups is 1. The number of carbonyl (C=O) groups excluding carboxylic acids is 1. The van der Waals surface area contributed by atoms with E-state index in [0.717, 1.165) is 17.2 Å². The number of aromatic amines is 1. The molecule has 0 saturated carbocycles. The molecular weight excluding hydrogens is 426 g/mol. The molecule has 1 unspecified atom stereocenters. The third-order valence-electron chi connectivity index (χ3n) is 5.19. The van der Waals surface area contributed by atoms with Crippen molar-refractivity contribution < 1.29 is 18.3 Å². The molecule has 7 nitrogen and oxygen atoms in total. The van der Waals surface area contributed by atoms with Gasteiger partial charge in [0.1, 0.15) is 11.3 Å². The number of sulfonamides is 1. The Morgan fingerprint density at radius 1 is 0.906 bits per heavy atom. The fraction of sp³-hybridized carbons (Fsp3) is 0.125. The van der Waals surface area contributed by atoms with Crippen molar-refractivity contribution in [3.05, 3.63) is 95.7 Å². The molecular formula is C24H23N3O4S. The number of hydrogen-bond donors (Lipinski definition) is 4. The molecule has 0 aliphatic carbocycles. The monoisotopic (exact) mass is 449 g/mol. The minimum atomic E-state index is -3.40. The zero-order chi connectivity index (χ0) is 22.9. The number of H-pyrrole nitrogens is 1. The Morgan fingerprint density at radius 2 is 1.62 bits per heavy atom. The quantitative estimate of drug-likeness (QED) is 0.356. The summed E-state index contributed by atoms with van der Waals surface area (Å²) in [5.74, 6) is -0.352. The van der Waals surface area contributed by atoms with Gasteiger partial charge in [-0.15, -0.1) is 0 Å². The largest absolute Gasteiger partial charge is 0.381 e. The molecule has 0 aliphatic rings. The Hall–Kier alpha value is -3.62. The number of benzene rings is 3. The van der Waals surface area contributed by atoms with E-state index in [-0.39, 0.29) is 5.91 Å². The number of anilines is 2. The average Bonchev–Trinajstić information content (AvgIpc) is 3.17. The molecule has 0 spiro atoms. The zero-order valence-corrected chi connectivity index (χ0v) is 18.4. The first-order valence-corrected chi connectivity index (χ1v) is 11.8. The van der Waals surface area contributed by atoms with Gasteiger partial charge in [0.05, 0.1) is 11.9 Å². The van der Waals surface area contributed by atoms with Crippen LogP contribution >= 0.6 is 0 Å². The van der Waals surface area contributed by atoms with Crippen molar-refractivity contribution in [1.29, 1.82) is 0 Å². The molecule has 32 heavy (non-hydrogen) atoms. The number of nitrogens with one attached hydrogen (secondary N) is 3. The van der Waals surface area contributed by atoms with Gasteiger partial charge in [-0.3, -0.25) is 9.52 Å². The minimum absolute atomic E-state index is 0.330. The van der Waals surface area contributed by atoms with Crippen molar-refractivity contribution in [2.75, 3.05) is 16.3 Å². The van der Waals surface area contributed by atoms with Crippen LogP contribution < -0.4 is 10.0 Å². The molecule has 8 heteroatoms. The smallest absolute Gasteiger partial charge is 0.272 e. The molecule has 4 rings (SSSR count). The van der Waals surface area contributed by atoms with Crippen molar-refractivity contribution in [2.45, 2.75) is 12.5 Å². The molecule has 1 aromatic heterocycles. The summed E-state index contributed by atoms with van der Waals surface area (Å²) < 4.78 is 25.3. The molecule has 1 heterocycles. The summed E-state index contributed by atoms with van der Waals surface area (Å²) in [6, 6.07) is 23.1. The lowest BCUT2D eigenvalue weighted by atomic mass is 9.88. The van der Waals surface area contributed by atoms with Gasteiger partial charge >= 0.3 is 0 Å². The summed E-state index contributed by atoms with van der Waals surface area (Å²) in [5.41, 5.74) is 2.09. The van der Waals surface area contributed by atoms with Crippen LogP contribution in [-0.4, -0.2) is 30.7 Å². The predicted octanol–water partition coefficient (Wildman–Crippen LogP) is 4.05. The molecule has 0 fully saturated rings. The standard InChI is InChI=1S/C24H23N3O4S/c1-24(29,17-7-4-3-5-8-17)18-9-6-10-19(14-18)25-23(28)22-13-16-11-12-20(15-21(16)26-22)27-32(2,30)31/h3-15,26-27,29H,1-2H3,(H,25,28). The van der Waals surface area contributed by atoms with Crippen molar-refractivity contribution >= 4 is 38.2 Å². The zero-order valence-electron chi connectivity index (χ0n) is 17.6. The fourth-order valence-corrected chi connectivity index (χ4v) is 4.11. The van der Waals surface area contributed by atoms with E-state index < -0.39 is 15.6 Å². The molecule has 0 radical (unpaired) electrons. The maximum Gasteiger partial charge on any atom is 0.272 e. The Balaban J connectivity index is 1.57. The van der Waals surface area contributed by atoms with E-state index in [0.29, 0.717) is 28.1 Å². The van der Waals surface area contributed by atoms with Crippen LogP contribution in [0.25, 0.3) is 10.9 Å². The molecule has 1 atom stereocenters. The average molecular weight is 450 g/mol. The molecule has 4 aromatic rings. The number of amides is 1. The fourth-order valence-electron chi connectivity index (χ4n) is 3.55. The number of aromatic nitrogens is 1. The summed E-state index contributed by atoms with van der Waals surface area (Å²) >= 11 is 0. The lowest BCUT2D eigenvalue weighted by Crippen LogP contribution is -2.23. The van der Waals surface area contributed by atoms with Crippen LogP contribution in [0.1, 0.15) is 28.5 Å². The van der Waals surface area contributed by atoms with Gasteiger partial charge in [0.25, 0.3) is 5.91 Å². The SMILES string of the molecule is CC(O)(c1ccccc1)c1cccc(NC(=O)c2cc3ccc(NS(C)(=O)=O)cc3[nH]2)c1. The molecule has 4 N–H and O–H groups in total. The van der Waals surface area contributed by atoms with Crippen molar-refractivity contribution in [3.63, 3.8) is 0 Å². The first-order chi connectivity index (χ1) is 15.1. The van der Waals surface area contributed by atoms with Crippen LogP contribution in [0.4, 0.5) is 11.4 Å². The normalized spacial score (nSPS) is 13.5. The molecule has 164 valence electrons. The summed E-state index contributed by atoms with van der Waals surface area (Å²) in [6.45, 7) is 1.71. The van der Waals surface area contributed by atoms with Gasteiger partial charge in [-0.05, 0) is 48.4 Å². The number of rotatable bonds is 6. The second-order valence-corrected chi connectivity index (χ2v) is 9.58. The van der Waals surface area contributed by atoms with Gasteiger partial charge in [-0.2, -0.15) is 0 Å². The number of carbonyl (C=O) groups is 1. The van der Waals surface area contributed by atoms with E-state index >= 15 is 0 Å². The molecule has 0 aliphatic heterocycles. The van der Waals surface area contributed by atoms with Crippen LogP contribution in [-0.2, 0) is 15.6 Å². The van der Waals surface area contributed by atoms with E-state index in [9.17, 15) is 18.3 Å². The van der Waals surface area contributed by atoms with Crippen molar-refractivity contribution in [1.82, 2.24) is 4.98 Å². The molecule has 3 aromatic carbocycles. The van der Waals surface area contributed by atoms with Crippen LogP contribution in [0.15, 0.2) is 78.9 Å². The van der Waals surface area contributed by atoms with Gasteiger partial charge in [-0.1, -0.05) is 48.5 Å². The van der Waals surface area contributed by atoms with E-state index in [4.69, 9.17) is 0 Å². The summed E-state index contributed by atoms with van der Waals surface area (Å²) in [4.78, 5) is 15.8. The van der Waals surface area contributed by atoms with Crippen LogP contribution in [0.2, 0.25) is 0 Å². The molecule has 0 saturated heterocycles. The van der Waals surface area contributed by atoms with Gasteiger partial charge in [0, 0.05) is 16.6 Å². The highest BCUT2D eigenvalue weighted by atomic mass is 32.2. The Bertz CT molecular complexity index is 1390. The van der Waals surface area contributed by atoms with Gasteiger partial charge < -0.3 is 15.4 Å². The Labute approximate surface area is 186 Å². The van der Waals surface area contributed by atoms with Crippen molar-refractivity contribution in [2.24, 2.45) is 0 Å². The maximum atomic E-state index is 12.8. The van der Waals surface area contributed by atoms with E-state index in [1.807, 2.05) is 36.4 Å². The van der Waals surface area contributed by atoms with Crippen LogP contribution in [0.3, 0.4) is 0 Å². The highest BCUT2D eigenvalue weighted by Crippen LogP contribution is 2.30.